The van der Waals surface area contributed by atoms with Gasteiger partial charge in [-0.1, -0.05) is 0 Å². The summed E-state index contributed by atoms with van der Waals surface area (Å²) < 4.78 is 17.9. The number of nitrogens with one attached hydrogen (secondary N) is 1. The molecule has 0 aliphatic heterocycles. The van der Waals surface area contributed by atoms with Gasteiger partial charge in [-0.05, 0) is 6.07 Å². The zero-order chi connectivity index (χ0) is 9.84. The van der Waals surface area contributed by atoms with Crippen LogP contribution in [0, 0.1) is 5.82 Å². The number of carbonyl (C=O) groups excluding carboxylic acids is 1. The van der Waals surface area contributed by atoms with Crippen LogP contribution in [0.15, 0.2) is 12.3 Å². The van der Waals surface area contributed by atoms with Crippen molar-refractivity contribution in [3.63, 3.8) is 0 Å². The number of methoxy groups -OCH3 is 1. The summed E-state index contributed by atoms with van der Waals surface area (Å²) in [6.45, 7) is 1.30. The number of anilines is 1. The second kappa shape index (κ2) is 3.84. The van der Waals surface area contributed by atoms with Gasteiger partial charge in [0.25, 0.3) is 5.88 Å². The Morgan fingerprint density at radius 1 is 1.69 bits per heavy atom. The molecule has 1 amide bonds. The molecule has 13 heavy (non-hydrogen) atoms. The molecule has 1 aromatic rings. The van der Waals surface area contributed by atoms with Gasteiger partial charge in [0.15, 0.2) is 0 Å². The van der Waals surface area contributed by atoms with Gasteiger partial charge in [0, 0.05) is 13.1 Å². The number of amides is 1. The van der Waals surface area contributed by atoms with E-state index in [1.807, 2.05) is 0 Å². The molecule has 1 heterocycles. The monoisotopic (exact) mass is 184 g/mol. The largest absolute Gasteiger partial charge is 0.479 e. The molecule has 0 unspecified atom stereocenters. The molecule has 1 rings (SSSR count). The first-order valence-corrected chi connectivity index (χ1v) is 3.61. The SMILES string of the molecule is COc1nccc(NC(C)=O)c1F. The maximum atomic E-state index is 13.2. The number of rotatable bonds is 2. The third-order valence-electron chi connectivity index (χ3n) is 1.36. The van der Waals surface area contributed by atoms with Crippen LogP contribution in [0.5, 0.6) is 5.88 Å². The standard InChI is InChI=1S/C8H9FN2O2/c1-5(12)11-6-3-4-10-8(13-2)7(6)9/h3-4H,1-2H3,(H,10,11,12). The third-order valence-corrected chi connectivity index (χ3v) is 1.36. The van der Waals surface area contributed by atoms with E-state index in [-0.39, 0.29) is 17.5 Å². The van der Waals surface area contributed by atoms with Gasteiger partial charge in [-0.2, -0.15) is 4.39 Å². The fourth-order valence-electron chi connectivity index (χ4n) is 0.853. The molecule has 0 saturated carbocycles. The smallest absolute Gasteiger partial charge is 0.252 e. The lowest BCUT2D eigenvalue weighted by atomic mass is 10.3. The van der Waals surface area contributed by atoms with Crippen LogP contribution in [0.4, 0.5) is 10.1 Å². The zero-order valence-electron chi connectivity index (χ0n) is 7.30. The van der Waals surface area contributed by atoms with Crippen LogP contribution in [0.3, 0.4) is 0 Å². The Hall–Kier alpha value is -1.65. The van der Waals surface area contributed by atoms with Crippen molar-refractivity contribution in [3.05, 3.63) is 18.1 Å². The van der Waals surface area contributed by atoms with E-state index in [1.165, 1.54) is 26.3 Å². The first-order valence-electron chi connectivity index (χ1n) is 3.61. The molecule has 5 heteroatoms. The molecule has 0 aliphatic rings. The van der Waals surface area contributed by atoms with E-state index in [0.717, 1.165) is 0 Å². The Bertz CT molecular complexity index is 328. The predicted octanol–water partition coefficient (Wildman–Crippen LogP) is 1.19. The molecule has 1 N–H and O–H groups in total. The van der Waals surface area contributed by atoms with E-state index < -0.39 is 5.82 Å². The van der Waals surface area contributed by atoms with E-state index >= 15 is 0 Å². The quantitative estimate of drug-likeness (QED) is 0.751. The molecule has 0 saturated heterocycles. The summed E-state index contributed by atoms with van der Waals surface area (Å²) in [5.41, 5.74) is 0.0688. The minimum Gasteiger partial charge on any atom is -0.479 e. The highest BCUT2D eigenvalue weighted by molar-refractivity contribution is 5.88. The van der Waals surface area contributed by atoms with E-state index in [0.29, 0.717) is 0 Å². The van der Waals surface area contributed by atoms with Crippen molar-refractivity contribution < 1.29 is 13.9 Å². The van der Waals surface area contributed by atoms with E-state index in [4.69, 9.17) is 0 Å². The Morgan fingerprint density at radius 3 is 2.92 bits per heavy atom. The lowest BCUT2D eigenvalue weighted by Gasteiger charge is -2.05. The van der Waals surface area contributed by atoms with Gasteiger partial charge in [-0.25, -0.2) is 4.98 Å². The van der Waals surface area contributed by atoms with Gasteiger partial charge in [-0.3, -0.25) is 4.79 Å². The van der Waals surface area contributed by atoms with Crippen LogP contribution in [0.2, 0.25) is 0 Å². The zero-order valence-corrected chi connectivity index (χ0v) is 7.30. The Kier molecular flexibility index (Phi) is 2.79. The van der Waals surface area contributed by atoms with Crippen molar-refractivity contribution in [2.24, 2.45) is 0 Å². The van der Waals surface area contributed by atoms with Crippen LogP contribution in [-0.2, 0) is 4.79 Å². The number of aromatic nitrogens is 1. The van der Waals surface area contributed by atoms with Gasteiger partial charge in [0.1, 0.15) is 0 Å². The van der Waals surface area contributed by atoms with Crippen molar-refractivity contribution in [2.45, 2.75) is 6.92 Å². The molecule has 0 spiro atoms. The average Bonchev–Trinajstić information content (AvgIpc) is 2.08. The molecule has 0 bridgehead atoms. The number of pyridine rings is 1. The number of hydrogen-bond acceptors (Lipinski definition) is 3. The summed E-state index contributed by atoms with van der Waals surface area (Å²) in [6.07, 6.45) is 1.35. The second-order valence-corrected chi connectivity index (χ2v) is 2.36. The highest BCUT2D eigenvalue weighted by atomic mass is 19.1. The van der Waals surface area contributed by atoms with Crippen molar-refractivity contribution in [2.75, 3.05) is 12.4 Å². The summed E-state index contributed by atoms with van der Waals surface area (Å²) in [5.74, 6) is -1.14. The van der Waals surface area contributed by atoms with Gasteiger partial charge >= 0.3 is 0 Å². The average molecular weight is 184 g/mol. The Labute approximate surface area is 74.7 Å². The lowest BCUT2D eigenvalue weighted by Crippen LogP contribution is -2.08. The predicted molar refractivity (Wildman–Crippen MR) is 45.1 cm³/mol. The maximum absolute atomic E-state index is 13.2. The van der Waals surface area contributed by atoms with Crippen LogP contribution in [0.25, 0.3) is 0 Å². The number of ether oxygens (including phenoxy) is 1. The number of hydrogen-bond donors (Lipinski definition) is 1. The summed E-state index contributed by atoms with van der Waals surface area (Å²) in [5, 5.41) is 2.31. The van der Waals surface area contributed by atoms with Crippen LogP contribution < -0.4 is 10.1 Å². The van der Waals surface area contributed by atoms with Crippen molar-refractivity contribution >= 4 is 11.6 Å². The highest BCUT2D eigenvalue weighted by Gasteiger charge is 2.09. The topological polar surface area (TPSA) is 51.2 Å². The number of nitrogens with zero attached hydrogens (tertiary/aromatic N) is 1. The fourth-order valence-corrected chi connectivity index (χ4v) is 0.853. The summed E-state index contributed by atoms with van der Waals surface area (Å²) in [6, 6.07) is 1.36. The lowest BCUT2D eigenvalue weighted by molar-refractivity contribution is -0.114. The summed E-state index contributed by atoms with van der Waals surface area (Å²) >= 11 is 0. The van der Waals surface area contributed by atoms with E-state index in [1.54, 1.807) is 0 Å². The molecule has 0 fully saturated rings. The molecule has 0 aliphatic carbocycles. The maximum Gasteiger partial charge on any atom is 0.252 e. The Balaban J connectivity index is 3.01. The first kappa shape index (κ1) is 9.44. The highest BCUT2D eigenvalue weighted by Crippen LogP contribution is 2.20. The second-order valence-electron chi connectivity index (χ2n) is 2.36. The molecular formula is C8H9FN2O2. The first-order chi connectivity index (χ1) is 6.15. The minimum absolute atomic E-state index is 0.0688. The van der Waals surface area contributed by atoms with Gasteiger partial charge < -0.3 is 10.1 Å². The molecule has 0 radical (unpaired) electrons. The number of halogens is 1. The van der Waals surface area contributed by atoms with Gasteiger partial charge in [0.05, 0.1) is 12.8 Å². The van der Waals surface area contributed by atoms with Crippen LogP contribution >= 0.6 is 0 Å². The summed E-state index contributed by atoms with van der Waals surface area (Å²) in [4.78, 5) is 14.2. The molecule has 4 nitrogen and oxygen atoms in total. The molecule has 0 aromatic carbocycles. The third kappa shape index (κ3) is 2.14. The van der Waals surface area contributed by atoms with Crippen molar-refractivity contribution in [1.82, 2.24) is 4.98 Å². The molecule has 70 valence electrons. The van der Waals surface area contributed by atoms with E-state index in [9.17, 15) is 9.18 Å². The van der Waals surface area contributed by atoms with Crippen molar-refractivity contribution in [3.8, 4) is 5.88 Å². The molecular weight excluding hydrogens is 175 g/mol. The van der Waals surface area contributed by atoms with Crippen LogP contribution in [-0.4, -0.2) is 18.0 Å². The van der Waals surface area contributed by atoms with Crippen LogP contribution in [0.1, 0.15) is 6.92 Å². The Morgan fingerprint density at radius 2 is 2.38 bits per heavy atom. The van der Waals surface area contributed by atoms with Crippen molar-refractivity contribution in [1.29, 1.82) is 0 Å². The van der Waals surface area contributed by atoms with Gasteiger partial charge in [0.2, 0.25) is 11.7 Å². The number of carbonyl (C=O) groups is 1. The minimum atomic E-state index is -0.666. The fraction of sp³-hybridized carbons (Fsp3) is 0.250. The van der Waals surface area contributed by atoms with Gasteiger partial charge in [-0.15, -0.1) is 0 Å². The molecule has 0 atom stereocenters. The normalized spacial score (nSPS) is 9.46. The molecule has 1 aromatic heterocycles. The summed E-state index contributed by atoms with van der Waals surface area (Å²) in [7, 11) is 1.31. The van der Waals surface area contributed by atoms with E-state index in [2.05, 4.69) is 15.0 Å².